The highest BCUT2D eigenvalue weighted by atomic mass is 35.5. The number of hydrogen-bond acceptors (Lipinski definition) is 3. The van der Waals surface area contributed by atoms with Crippen molar-refractivity contribution in [2.24, 2.45) is 0 Å². The molecule has 1 N–H and O–H groups in total. The van der Waals surface area contributed by atoms with Gasteiger partial charge in [0.15, 0.2) is 5.78 Å². The number of hydrogen-bond donors (Lipinski definition) is 1. The third-order valence-corrected chi connectivity index (χ3v) is 2.71. The summed E-state index contributed by atoms with van der Waals surface area (Å²) in [5.74, 6) is 0.0964. The molecular weight excluding hydrogens is 238 g/mol. The fraction of sp³-hybridized carbons (Fsp3) is 0.462. The van der Waals surface area contributed by atoms with E-state index in [4.69, 9.17) is 11.6 Å². The van der Waals surface area contributed by atoms with Crippen LogP contribution in [0.2, 0.25) is 5.02 Å². The van der Waals surface area contributed by atoms with E-state index in [1.165, 1.54) is 0 Å². The quantitative estimate of drug-likeness (QED) is 0.793. The maximum Gasteiger partial charge on any atom is 0.164 e. The second-order valence-electron chi connectivity index (χ2n) is 4.29. The molecule has 0 heterocycles. The molecule has 0 spiro atoms. The van der Waals surface area contributed by atoms with Gasteiger partial charge in [0.1, 0.15) is 0 Å². The van der Waals surface area contributed by atoms with Crippen LogP contribution in [0, 0.1) is 0 Å². The highest BCUT2D eigenvalue weighted by molar-refractivity contribution is 6.30. The molecule has 1 atom stereocenters. The number of carbonyl (C=O) groups is 1. The molecule has 0 radical (unpaired) electrons. The van der Waals surface area contributed by atoms with Crippen molar-refractivity contribution >= 4 is 17.4 Å². The van der Waals surface area contributed by atoms with E-state index in [1.54, 1.807) is 31.2 Å². The molecule has 0 fully saturated rings. The van der Waals surface area contributed by atoms with Crippen LogP contribution in [0.3, 0.4) is 0 Å². The minimum Gasteiger partial charge on any atom is -0.392 e. The first-order valence-electron chi connectivity index (χ1n) is 5.64. The first-order valence-corrected chi connectivity index (χ1v) is 6.02. The number of halogens is 1. The van der Waals surface area contributed by atoms with Crippen LogP contribution in [-0.2, 0) is 0 Å². The van der Waals surface area contributed by atoms with Crippen LogP contribution in [0.25, 0.3) is 0 Å². The average molecular weight is 256 g/mol. The summed E-state index contributed by atoms with van der Waals surface area (Å²) in [7, 11) is 1.89. The summed E-state index contributed by atoms with van der Waals surface area (Å²) in [6.07, 6.45) is 0.0795. The third kappa shape index (κ3) is 5.31. The van der Waals surface area contributed by atoms with E-state index in [0.29, 0.717) is 30.1 Å². The van der Waals surface area contributed by atoms with Gasteiger partial charge in [-0.2, -0.15) is 0 Å². The van der Waals surface area contributed by atoms with E-state index in [9.17, 15) is 9.90 Å². The number of Topliss-reactive ketones (excluding diaryl/α,β-unsaturated/α-hetero) is 1. The minimum atomic E-state index is -0.370. The summed E-state index contributed by atoms with van der Waals surface area (Å²) in [5, 5.41) is 9.83. The van der Waals surface area contributed by atoms with E-state index in [0.717, 1.165) is 0 Å². The van der Waals surface area contributed by atoms with Gasteiger partial charge in [0, 0.05) is 30.1 Å². The van der Waals surface area contributed by atoms with E-state index < -0.39 is 0 Å². The lowest BCUT2D eigenvalue weighted by Gasteiger charge is -2.17. The highest BCUT2D eigenvalue weighted by Gasteiger charge is 2.08. The fourth-order valence-corrected chi connectivity index (χ4v) is 1.74. The Bertz CT molecular complexity index is 362. The van der Waals surface area contributed by atoms with Gasteiger partial charge < -0.3 is 10.0 Å². The zero-order chi connectivity index (χ0) is 12.8. The van der Waals surface area contributed by atoms with Crippen LogP contribution < -0.4 is 0 Å². The van der Waals surface area contributed by atoms with Crippen molar-refractivity contribution in [1.82, 2.24) is 4.90 Å². The Hall–Kier alpha value is -0.900. The maximum atomic E-state index is 11.8. The van der Waals surface area contributed by atoms with E-state index in [1.807, 2.05) is 11.9 Å². The molecule has 0 aliphatic carbocycles. The number of nitrogens with zero attached hydrogens (tertiary/aromatic N) is 1. The van der Waals surface area contributed by atoms with Crippen LogP contribution in [0.4, 0.5) is 0 Å². The molecule has 0 aliphatic heterocycles. The van der Waals surface area contributed by atoms with Crippen LogP contribution in [0.1, 0.15) is 23.7 Å². The summed E-state index contributed by atoms with van der Waals surface area (Å²) in [5.41, 5.74) is 0.680. The first-order chi connectivity index (χ1) is 7.99. The predicted molar refractivity (Wildman–Crippen MR) is 69.6 cm³/mol. The summed E-state index contributed by atoms with van der Waals surface area (Å²) < 4.78 is 0. The number of benzene rings is 1. The number of likely N-dealkylation sites (N-methyl/N-ethyl adjacent to an activating group) is 1. The summed E-state index contributed by atoms with van der Waals surface area (Å²) in [4.78, 5) is 13.8. The maximum absolute atomic E-state index is 11.8. The standard InChI is InChI=1S/C13H18ClNO2/c1-10(16)9-15(2)8-7-13(17)11-3-5-12(14)6-4-11/h3-6,10,16H,7-9H2,1-2H3. The zero-order valence-electron chi connectivity index (χ0n) is 10.2. The van der Waals surface area contributed by atoms with Gasteiger partial charge in [0.2, 0.25) is 0 Å². The lowest BCUT2D eigenvalue weighted by Crippen LogP contribution is -2.29. The van der Waals surface area contributed by atoms with Gasteiger partial charge in [0.05, 0.1) is 6.10 Å². The Morgan fingerprint density at radius 3 is 2.53 bits per heavy atom. The molecule has 0 aliphatic rings. The van der Waals surface area contributed by atoms with Crippen molar-refractivity contribution in [3.8, 4) is 0 Å². The molecule has 1 aromatic rings. The second-order valence-corrected chi connectivity index (χ2v) is 4.73. The number of carbonyl (C=O) groups excluding carboxylic acids is 1. The Labute approximate surface area is 107 Å². The lowest BCUT2D eigenvalue weighted by atomic mass is 10.1. The fourth-order valence-electron chi connectivity index (χ4n) is 1.61. The summed E-state index contributed by atoms with van der Waals surface area (Å²) in [6, 6.07) is 6.90. The number of aliphatic hydroxyl groups is 1. The SMILES string of the molecule is CC(O)CN(C)CCC(=O)c1ccc(Cl)cc1. The molecule has 0 bridgehead atoms. The first kappa shape index (κ1) is 14.2. The zero-order valence-corrected chi connectivity index (χ0v) is 10.9. The molecular formula is C13H18ClNO2. The molecule has 94 valence electrons. The van der Waals surface area contributed by atoms with Crippen molar-refractivity contribution in [2.75, 3.05) is 20.1 Å². The largest absolute Gasteiger partial charge is 0.392 e. The van der Waals surface area contributed by atoms with E-state index in [2.05, 4.69) is 0 Å². The number of ketones is 1. The van der Waals surface area contributed by atoms with Crippen LogP contribution in [0.5, 0.6) is 0 Å². The van der Waals surface area contributed by atoms with Crippen LogP contribution in [0.15, 0.2) is 24.3 Å². The molecule has 3 nitrogen and oxygen atoms in total. The highest BCUT2D eigenvalue weighted by Crippen LogP contribution is 2.11. The molecule has 17 heavy (non-hydrogen) atoms. The van der Waals surface area contributed by atoms with E-state index >= 15 is 0 Å². The van der Waals surface area contributed by atoms with Gasteiger partial charge in [-0.15, -0.1) is 0 Å². The number of aliphatic hydroxyl groups excluding tert-OH is 1. The smallest absolute Gasteiger partial charge is 0.164 e. The van der Waals surface area contributed by atoms with Gasteiger partial charge in [-0.3, -0.25) is 4.79 Å². The van der Waals surface area contributed by atoms with Crippen molar-refractivity contribution in [1.29, 1.82) is 0 Å². The minimum absolute atomic E-state index is 0.0964. The van der Waals surface area contributed by atoms with Gasteiger partial charge in [-0.25, -0.2) is 0 Å². The molecule has 0 saturated carbocycles. The predicted octanol–water partition coefficient (Wildman–Crippen LogP) is 2.23. The van der Waals surface area contributed by atoms with Crippen molar-refractivity contribution in [2.45, 2.75) is 19.4 Å². The molecule has 1 rings (SSSR count). The molecule has 1 aromatic carbocycles. The van der Waals surface area contributed by atoms with Gasteiger partial charge in [0.25, 0.3) is 0 Å². The molecule has 0 saturated heterocycles. The molecule has 1 unspecified atom stereocenters. The van der Waals surface area contributed by atoms with Crippen molar-refractivity contribution < 1.29 is 9.90 Å². The topological polar surface area (TPSA) is 40.5 Å². The second kappa shape index (κ2) is 6.74. The van der Waals surface area contributed by atoms with Crippen molar-refractivity contribution in [3.63, 3.8) is 0 Å². The van der Waals surface area contributed by atoms with Crippen LogP contribution >= 0.6 is 11.6 Å². The normalized spacial score (nSPS) is 12.8. The molecule has 0 aromatic heterocycles. The summed E-state index contributed by atoms with van der Waals surface area (Å²) in [6.45, 7) is 2.96. The van der Waals surface area contributed by atoms with Gasteiger partial charge >= 0.3 is 0 Å². The Kier molecular flexibility index (Phi) is 5.62. The average Bonchev–Trinajstić information content (AvgIpc) is 2.26. The van der Waals surface area contributed by atoms with Crippen molar-refractivity contribution in [3.05, 3.63) is 34.9 Å². The molecule has 4 heteroatoms. The summed E-state index contributed by atoms with van der Waals surface area (Å²) >= 11 is 5.75. The lowest BCUT2D eigenvalue weighted by molar-refractivity contribution is 0.0948. The van der Waals surface area contributed by atoms with Gasteiger partial charge in [-0.1, -0.05) is 11.6 Å². The Balaban J connectivity index is 2.42. The Morgan fingerprint density at radius 2 is 2.00 bits per heavy atom. The number of rotatable bonds is 6. The Morgan fingerprint density at radius 1 is 1.41 bits per heavy atom. The third-order valence-electron chi connectivity index (χ3n) is 2.46. The van der Waals surface area contributed by atoms with Crippen LogP contribution in [-0.4, -0.2) is 42.0 Å². The monoisotopic (exact) mass is 255 g/mol. The molecule has 0 amide bonds. The van der Waals surface area contributed by atoms with E-state index in [-0.39, 0.29) is 11.9 Å². The van der Waals surface area contributed by atoms with Gasteiger partial charge in [-0.05, 0) is 38.2 Å².